The maximum atomic E-state index is 13.1. The van der Waals surface area contributed by atoms with Crippen LogP contribution in [0.4, 0.5) is 5.95 Å². The zero-order valence-corrected chi connectivity index (χ0v) is 20.9. The molecule has 1 aliphatic rings. The molecular weight excluding hydrogens is 466 g/mol. The van der Waals surface area contributed by atoms with Gasteiger partial charge in [0.15, 0.2) is 0 Å². The zero-order valence-electron chi connectivity index (χ0n) is 20.0. The third kappa shape index (κ3) is 5.60. The highest BCUT2D eigenvalue weighted by Gasteiger charge is 2.22. The Bertz CT molecular complexity index is 1400. The Labute approximate surface area is 204 Å². The lowest BCUT2D eigenvalue weighted by Gasteiger charge is -2.21. The van der Waals surface area contributed by atoms with Gasteiger partial charge in [0.2, 0.25) is 5.95 Å². The highest BCUT2D eigenvalue weighted by molar-refractivity contribution is 7.92. The summed E-state index contributed by atoms with van der Waals surface area (Å²) in [5, 5.41) is 0. The van der Waals surface area contributed by atoms with Crippen LogP contribution in [0.3, 0.4) is 0 Å². The van der Waals surface area contributed by atoms with Crippen LogP contribution < -0.4 is 10.3 Å². The summed E-state index contributed by atoms with van der Waals surface area (Å²) in [4.78, 5) is 36.0. The molecule has 2 N–H and O–H groups in total. The minimum absolute atomic E-state index is 0.0876. The first-order valence-corrected chi connectivity index (χ1v) is 12.9. The molecule has 9 nitrogen and oxygen atoms in total. The first kappa shape index (κ1) is 24.6. The Kier molecular flexibility index (Phi) is 7.04. The molecule has 2 heterocycles. The third-order valence-corrected chi connectivity index (χ3v) is 7.44. The summed E-state index contributed by atoms with van der Waals surface area (Å²) >= 11 is 0. The molecule has 35 heavy (non-hydrogen) atoms. The molecule has 2 aromatic carbocycles. The minimum Gasteiger partial charge on any atom is -0.337 e. The number of H-pyrrole nitrogens is 1. The standard InChI is InChI=1S/C25H29N5O4S/c1-17-7-4-8-18(2)23(17)21-16-22(31)27-25(26-21)28-35(33,34)20-10-5-9-19(15-20)24(32)30-12-6-11-29(3)13-14-30/h4-5,7-10,15-16H,6,11-14H2,1-3H3,(H2,26,27,28,31). The van der Waals surface area contributed by atoms with Gasteiger partial charge in [0.25, 0.3) is 21.5 Å². The van der Waals surface area contributed by atoms with Gasteiger partial charge in [-0.1, -0.05) is 24.3 Å². The average Bonchev–Trinajstić information content (AvgIpc) is 3.02. The number of sulfonamides is 1. The van der Waals surface area contributed by atoms with E-state index in [2.05, 4.69) is 19.6 Å². The van der Waals surface area contributed by atoms with Crippen LogP contribution >= 0.6 is 0 Å². The molecule has 1 amide bonds. The quantitative estimate of drug-likeness (QED) is 0.562. The van der Waals surface area contributed by atoms with E-state index in [-0.39, 0.29) is 16.8 Å². The van der Waals surface area contributed by atoms with E-state index in [1.54, 1.807) is 11.0 Å². The van der Waals surface area contributed by atoms with E-state index in [1.807, 2.05) is 39.1 Å². The number of carbonyl (C=O) groups is 1. The van der Waals surface area contributed by atoms with Crippen LogP contribution in [-0.4, -0.2) is 67.3 Å². The topological polar surface area (TPSA) is 115 Å². The smallest absolute Gasteiger partial charge is 0.264 e. The highest BCUT2D eigenvalue weighted by atomic mass is 32.2. The van der Waals surface area contributed by atoms with E-state index in [4.69, 9.17) is 0 Å². The number of hydrogen-bond donors (Lipinski definition) is 2. The van der Waals surface area contributed by atoms with E-state index >= 15 is 0 Å². The summed E-state index contributed by atoms with van der Waals surface area (Å²) < 4.78 is 28.6. The predicted octanol–water partition coefficient (Wildman–Crippen LogP) is 2.63. The molecule has 0 atom stereocenters. The second kappa shape index (κ2) is 10.0. The van der Waals surface area contributed by atoms with Crippen LogP contribution in [0.25, 0.3) is 11.3 Å². The largest absolute Gasteiger partial charge is 0.337 e. The Hall–Kier alpha value is -3.50. The highest BCUT2D eigenvalue weighted by Crippen LogP contribution is 2.25. The molecule has 184 valence electrons. The van der Waals surface area contributed by atoms with Gasteiger partial charge in [0.1, 0.15) is 0 Å². The first-order valence-electron chi connectivity index (χ1n) is 11.4. The number of aromatic nitrogens is 2. The minimum atomic E-state index is -4.11. The number of carbonyl (C=O) groups excluding carboxylic acids is 1. The van der Waals surface area contributed by atoms with E-state index < -0.39 is 15.6 Å². The van der Waals surface area contributed by atoms with Crippen molar-refractivity contribution in [3.63, 3.8) is 0 Å². The third-order valence-electron chi connectivity index (χ3n) is 6.11. The molecule has 1 fully saturated rings. The lowest BCUT2D eigenvalue weighted by atomic mass is 10.00. The van der Waals surface area contributed by atoms with Crippen molar-refractivity contribution in [1.82, 2.24) is 19.8 Å². The maximum Gasteiger partial charge on any atom is 0.264 e. The number of nitrogens with one attached hydrogen (secondary N) is 2. The molecule has 3 aromatic rings. The van der Waals surface area contributed by atoms with E-state index in [0.717, 1.165) is 36.2 Å². The SMILES string of the molecule is Cc1cccc(C)c1-c1cc(=O)[nH]c(NS(=O)(=O)c2cccc(C(=O)N3CCCN(C)CC3)c2)n1. The van der Waals surface area contributed by atoms with Crippen molar-refractivity contribution in [2.45, 2.75) is 25.2 Å². The Morgan fingerprint density at radius 3 is 2.46 bits per heavy atom. The van der Waals surface area contributed by atoms with Gasteiger partial charge in [-0.3, -0.25) is 14.6 Å². The van der Waals surface area contributed by atoms with Gasteiger partial charge in [0.05, 0.1) is 10.6 Å². The molecule has 0 unspecified atom stereocenters. The van der Waals surface area contributed by atoms with Crippen LogP contribution in [0.2, 0.25) is 0 Å². The van der Waals surface area contributed by atoms with Crippen molar-refractivity contribution in [2.24, 2.45) is 0 Å². The van der Waals surface area contributed by atoms with E-state index in [1.165, 1.54) is 24.3 Å². The lowest BCUT2D eigenvalue weighted by Crippen LogP contribution is -2.34. The molecule has 1 aliphatic heterocycles. The Morgan fingerprint density at radius 1 is 1.00 bits per heavy atom. The van der Waals surface area contributed by atoms with Crippen molar-refractivity contribution < 1.29 is 13.2 Å². The van der Waals surface area contributed by atoms with Crippen LogP contribution in [0.1, 0.15) is 27.9 Å². The molecular formula is C25H29N5O4S. The van der Waals surface area contributed by atoms with Gasteiger partial charge in [-0.25, -0.2) is 18.1 Å². The number of aromatic amines is 1. The summed E-state index contributed by atoms with van der Waals surface area (Å²) in [6, 6.07) is 13.0. The van der Waals surface area contributed by atoms with Gasteiger partial charge in [-0.15, -0.1) is 0 Å². The van der Waals surface area contributed by atoms with Gasteiger partial charge >= 0.3 is 0 Å². The number of rotatable bonds is 5. The molecule has 0 saturated carbocycles. The number of nitrogens with zero attached hydrogens (tertiary/aromatic N) is 3. The summed E-state index contributed by atoms with van der Waals surface area (Å²) in [5.74, 6) is -0.400. The number of hydrogen-bond acceptors (Lipinski definition) is 6. The van der Waals surface area contributed by atoms with E-state index in [0.29, 0.717) is 24.3 Å². The van der Waals surface area contributed by atoms with Crippen LogP contribution in [-0.2, 0) is 10.0 Å². The fourth-order valence-electron chi connectivity index (χ4n) is 4.27. The number of aryl methyl sites for hydroxylation is 2. The van der Waals surface area contributed by atoms with Crippen molar-refractivity contribution in [2.75, 3.05) is 37.9 Å². The summed E-state index contributed by atoms with van der Waals surface area (Å²) in [6.07, 6.45) is 0.859. The zero-order chi connectivity index (χ0) is 25.2. The molecule has 1 saturated heterocycles. The van der Waals surface area contributed by atoms with Crippen molar-refractivity contribution in [3.05, 3.63) is 75.6 Å². The van der Waals surface area contributed by atoms with Gasteiger partial charge in [0, 0.05) is 36.8 Å². The molecule has 0 bridgehead atoms. The van der Waals surface area contributed by atoms with Crippen LogP contribution in [0, 0.1) is 13.8 Å². The van der Waals surface area contributed by atoms with Crippen molar-refractivity contribution >= 4 is 21.9 Å². The monoisotopic (exact) mass is 495 g/mol. The van der Waals surface area contributed by atoms with Crippen LogP contribution in [0.5, 0.6) is 0 Å². The number of amides is 1. The van der Waals surface area contributed by atoms with Crippen LogP contribution in [0.15, 0.2) is 58.2 Å². The van der Waals surface area contributed by atoms with Crippen molar-refractivity contribution in [3.8, 4) is 11.3 Å². The van der Waals surface area contributed by atoms with Gasteiger partial charge < -0.3 is 9.80 Å². The summed E-state index contributed by atoms with van der Waals surface area (Å²) in [5.41, 5.74) is 2.80. The first-order chi connectivity index (χ1) is 16.6. The van der Waals surface area contributed by atoms with Gasteiger partial charge in [-0.05, 0) is 63.2 Å². The number of anilines is 1. The summed E-state index contributed by atoms with van der Waals surface area (Å²) in [6.45, 7) is 6.69. The Morgan fingerprint density at radius 2 is 1.71 bits per heavy atom. The number of benzene rings is 2. The molecule has 0 radical (unpaired) electrons. The Balaban J connectivity index is 1.61. The normalized spacial score (nSPS) is 15.0. The molecule has 0 aliphatic carbocycles. The van der Waals surface area contributed by atoms with Gasteiger partial charge in [-0.2, -0.15) is 0 Å². The predicted molar refractivity (Wildman–Crippen MR) is 135 cm³/mol. The maximum absolute atomic E-state index is 13.1. The second-order valence-corrected chi connectivity index (χ2v) is 10.5. The molecule has 0 spiro atoms. The lowest BCUT2D eigenvalue weighted by molar-refractivity contribution is 0.0762. The van der Waals surface area contributed by atoms with Crippen molar-refractivity contribution in [1.29, 1.82) is 0 Å². The fourth-order valence-corrected chi connectivity index (χ4v) is 5.28. The second-order valence-electron chi connectivity index (χ2n) is 8.83. The molecule has 4 rings (SSSR count). The molecule has 1 aromatic heterocycles. The fraction of sp³-hybridized carbons (Fsp3) is 0.320. The summed E-state index contributed by atoms with van der Waals surface area (Å²) in [7, 11) is -2.10. The van der Waals surface area contributed by atoms with E-state index in [9.17, 15) is 18.0 Å². The molecule has 10 heteroatoms. The number of likely N-dealkylation sites (N-methyl/N-ethyl adjacent to an activating group) is 1. The average molecular weight is 496 g/mol.